The van der Waals surface area contributed by atoms with Crippen molar-refractivity contribution in [2.75, 3.05) is 16.8 Å². The number of nitrogens with zero attached hydrogens (tertiary/aromatic N) is 3. The standard InChI is InChI=1S/C23H24N4O2S/c1-4-16-7-5-6-8-19(16)27-13-18(12-20(27)28)22-25-26-23(30-22)24-21(29)17-10-9-14(2)15(3)11-17/h5-11,18H,4,12-13H2,1-3H3,(H,24,26,29)/t18-/m1/s1. The summed E-state index contributed by atoms with van der Waals surface area (Å²) in [6.07, 6.45) is 1.27. The molecule has 0 saturated carbocycles. The summed E-state index contributed by atoms with van der Waals surface area (Å²) in [5.74, 6) is -0.134. The van der Waals surface area contributed by atoms with E-state index in [2.05, 4.69) is 28.5 Å². The third kappa shape index (κ3) is 3.98. The molecule has 30 heavy (non-hydrogen) atoms. The number of amides is 2. The van der Waals surface area contributed by atoms with Crippen LogP contribution in [0.1, 0.15) is 51.3 Å². The maximum atomic E-state index is 12.7. The molecule has 1 aliphatic heterocycles. The highest BCUT2D eigenvalue weighted by Gasteiger charge is 2.34. The fraction of sp³-hybridized carbons (Fsp3) is 0.304. The zero-order chi connectivity index (χ0) is 21.3. The van der Waals surface area contributed by atoms with Crippen LogP contribution in [0.4, 0.5) is 10.8 Å². The van der Waals surface area contributed by atoms with E-state index in [1.54, 1.807) is 6.07 Å². The van der Waals surface area contributed by atoms with Crippen LogP contribution in [0.25, 0.3) is 0 Å². The van der Waals surface area contributed by atoms with Gasteiger partial charge in [-0.3, -0.25) is 14.9 Å². The first-order valence-corrected chi connectivity index (χ1v) is 10.9. The molecule has 154 valence electrons. The van der Waals surface area contributed by atoms with E-state index in [1.807, 2.05) is 49.1 Å². The van der Waals surface area contributed by atoms with Gasteiger partial charge >= 0.3 is 0 Å². The Hall–Kier alpha value is -3.06. The van der Waals surface area contributed by atoms with Crippen molar-refractivity contribution in [1.29, 1.82) is 0 Å². The minimum Gasteiger partial charge on any atom is -0.311 e. The molecule has 4 rings (SSSR count). The van der Waals surface area contributed by atoms with Crippen LogP contribution in [0.3, 0.4) is 0 Å². The fourth-order valence-electron chi connectivity index (χ4n) is 3.68. The summed E-state index contributed by atoms with van der Waals surface area (Å²) in [5, 5.41) is 12.4. The van der Waals surface area contributed by atoms with Gasteiger partial charge in [0.15, 0.2) is 0 Å². The molecule has 7 heteroatoms. The summed E-state index contributed by atoms with van der Waals surface area (Å²) >= 11 is 1.34. The van der Waals surface area contributed by atoms with Gasteiger partial charge in [-0.15, -0.1) is 10.2 Å². The summed E-state index contributed by atoms with van der Waals surface area (Å²) in [5.41, 5.74) is 4.93. The van der Waals surface area contributed by atoms with Crippen molar-refractivity contribution in [3.05, 3.63) is 69.7 Å². The van der Waals surface area contributed by atoms with Gasteiger partial charge in [0.2, 0.25) is 11.0 Å². The maximum Gasteiger partial charge on any atom is 0.257 e. The summed E-state index contributed by atoms with van der Waals surface area (Å²) < 4.78 is 0. The number of hydrogen-bond donors (Lipinski definition) is 1. The molecule has 3 aromatic rings. The second-order valence-electron chi connectivity index (χ2n) is 7.59. The van der Waals surface area contributed by atoms with Crippen molar-refractivity contribution >= 4 is 34.0 Å². The van der Waals surface area contributed by atoms with Crippen LogP contribution in [0.5, 0.6) is 0 Å². The molecule has 0 spiro atoms. The van der Waals surface area contributed by atoms with Crippen LogP contribution in [-0.2, 0) is 11.2 Å². The molecule has 1 aliphatic rings. The largest absolute Gasteiger partial charge is 0.311 e. The van der Waals surface area contributed by atoms with Gasteiger partial charge in [-0.25, -0.2) is 0 Å². The second kappa shape index (κ2) is 8.36. The van der Waals surface area contributed by atoms with E-state index in [4.69, 9.17) is 0 Å². The van der Waals surface area contributed by atoms with Crippen molar-refractivity contribution in [3.63, 3.8) is 0 Å². The van der Waals surface area contributed by atoms with Crippen molar-refractivity contribution in [1.82, 2.24) is 10.2 Å². The first kappa shape index (κ1) is 20.2. The number of nitrogens with one attached hydrogen (secondary N) is 1. The molecule has 0 aliphatic carbocycles. The second-order valence-corrected chi connectivity index (χ2v) is 8.60. The van der Waals surface area contributed by atoms with Gasteiger partial charge in [-0.05, 0) is 55.2 Å². The highest BCUT2D eigenvalue weighted by molar-refractivity contribution is 7.15. The topological polar surface area (TPSA) is 75.2 Å². The van der Waals surface area contributed by atoms with E-state index in [9.17, 15) is 9.59 Å². The molecule has 0 unspecified atom stereocenters. The Morgan fingerprint density at radius 1 is 1.17 bits per heavy atom. The van der Waals surface area contributed by atoms with Crippen LogP contribution in [0, 0.1) is 13.8 Å². The quantitative estimate of drug-likeness (QED) is 0.660. The molecule has 2 amide bonds. The number of para-hydroxylation sites is 1. The van der Waals surface area contributed by atoms with Gasteiger partial charge in [0.05, 0.1) is 0 Å². The molecule has 1 atom stereocenters. The van der Waals surface area contributed by atoms with E-state index < -0.39 is 0 Å². The van der Waals surface area contributed by atoms with Gasteiger partial charge in [-0.1, -0.05) is 42.5 Å². The summed E-state index contributed by atoms with van der Waals surface area (Å²) in [4.78, 5) is 27.0. The molecule has 1 N–H and O–H groups in total. The van der Waals surface area contributed by atoms with E-state index in [0.717, 1.165) is 33.8 Å². The number of aromatic nitrogens is 2. The van der Waals surface area contributed by atoms with E-state index in [1.165, 1.54) is 11.3 Å². The van der Waals surface area contributed by atoms with E-state index >= 15 is 0 Å². The monoisotopic (exact) mass is 420 g/mol. The van der Waals surface area contributed by atoms with Crippen LogP contribution in [0.2, 0.25) is 0 Å². The SMILES string of the molecule is CCc1ccccc1N1C[C@H](c2nnc(NC(=O)c3ccc(C)c(C)c3)s2)CC1=O. The number of carbonyl (C=O) groups excluding carboxylic acids is 2. The molecule has 1 aromatic heterocycles. The summed E-state index contributed by atoms with van der Waals surface area (Å²) in [6, 6.07) is 13.6. The predicted octanol–water partition coefficient (Wildman–Crippen LogP) is 4.49. The van der Waals surface area contributed by atoms with Crippen molar-refractivity contribution in [3.8, 4) is 0 Å². The Labute approximate surface area is 180 Å². The number of hydrogen-bond acceptors (Lipinski definition) is 5. The highest BCUT2D eigenvalue weighted by atomic mass is 32.1. The Kier molecular flexibility index (Phi) is 5.63. The lowest BCUT2D eigenvalue weighted by molar-refractivity contribution is -0.117. The van der Waals surface area contributed by atoms with Crippen LogP contribution in [0.15, 0.2) is 42.5 Å². The van der Waals surface area contributed by atoms with Crippen LogP contribution >= 0.6 is 11.3 Å². The normalized spacial score (nSPS) is 16.2. The Balaban J connectivity index is 1.47. The Bertz CT molecular complexity index is 1110. The van der Waals surface area contributed by atoms with Crippen LogP contribution < -0.4 is 10.2 Å². The van der Waals surface area contributed by atoms with Crippen molar-refractivity contribution in [2.24, 2.45) is 0 Å². The number of rotatable bonds is 5. The minimum atomic E-state index is -0.207. The Morgan fingerprint density at radius 2 is 1.97 bits per heavy atom. The average molecular weight is 421 g/mol. The summed E-state index contributed by atoms with van der Waals surface area (Å²) in [7, 11) is 0. The first-order chi connectivity index (χ1) is 14.5. The average Bonchev–Trinajstić information content (AvgIpc) is 3.36. The molecule has 0 radical (unpaired) electrons. The van der Waals surface area contributed by atoms with E-state index in [-0.39, 0.29) is 17.7 Å². The van der Waals surface area contributed by atoms with Gasteiger partial charge in [0, 0.05) is 30.1 Å². The van der Waals surface area contributed by atoms with Crippen LogP contribution in [-0.4, -0.2) is 28.6 Å². The highest BCUT2D eigenvalue weighted by Crippen LogP contribution is 2.35. The number of aryl methyl sites for hydroxylation is 3. The molecule has 1 saturated heterocycles. The predicted molar refractivity (Wildman–Crippen MR) is 119 cm³/mol. The third-order valence-corrected chi connectivity index (χ3v) is 6.57. The number of carbonyl (C=O) groups is 2. The molecule has 2 heterocycles. The van der Waals surface area contributed by atoms with Crippen molar-refractivity contribution < 1.29 is 9.59 Å². The maximum absolute atomic E-state index is 12.7. The van der Waals surface area contributed by atoms with Gasteiger partial charge < -0.3 is 4.90 Å². The summed E-state index contributed by atoms with van der Waals surface area (Å²) in [6.45, 7) is 6.66. The zero-order valence-corrected chi connectivity index (χ0v) is 18.1. The minimum absolute atomic E-state index is 0.0211. The fourth-order valence-corrected chi connectivity index (χ4v) is 4.51. The molecule has 2 aromatic carbocycles. The third-order valence-electron chi connectivity index (χ3n) is 5.57. The lowest BCUT2D eigenvalue weighted by atomic mass is 10.1. The van der Waals surface area contributed by atoms with Gasteiger partial charge in [-0.2, -0.15) is 0 Å². The Morgan fingerprint density at radius 3 is 2.73 bits per heavy atom. The molecule has 0 bridgehead atoms. The lowest BCUT2D eigenvalue weighted by Crippen LogP contribution is -2.25. The smallest absolute Gasteiger partial charge is 0.257 e. The number of anilines is 2. The molecular weight excluding hydrogens is 396 g/mol. The number of benzene rings is 2. The molecule has 6 nitrogen and oxygen atoms in total. The molecular formula is C23H24N4O2S. The zero-order valence-electron chi connectivity index (χ0n) is 17.3. The lowest BCUT2D eigenvalue weighted by Gasteiger charge is -2.19. The van der Waals surface area contributed by atoms with E-state index in [0.29, 0.717) is 23.7 Å². The van der Waals surface area contributed by atoms with Gasteiger partial charge in [0.1, 0.15) is 5.01 Å². The molecule has 1 fully saturated rings. The first-order valence-electron chi connectivity index (χ1n) is 10.1. The van der Waals surface area contributed by atoms with Crippen molar-refractivity contribution in [2.45, 2.75) is 39.5 Å². The van der Waals surface area contributed by atoms with Gasteiger partial charge in [0.25, 0.3) is 5.91 Å².